The summed E-state index contributed by atoms with van der Waals surface area (Å²) in [5, 5.41) is 4.63. The molecule has 0 N–H and O–H groups in total. The fraction of sp³-hybridized carbons (Fsp3) is 0.375. The minimum absolute atomic E-state index is 0.108. The van der Waals surface area contributed by atoms with Crippen molar-refractivity contribution >= 4 is 21.7 Å². The largest absolute Gasteiger partial charge is 0.294 e. The second-order valence-corrected chi connectivity index (χ2v) is 5.64. The number of halogens is 1. The second-order valence-electron chi connectivity index (χ2n) is 4.78. The van der Waals surface area contributed by atoms with Gasteiger partial charge in [-0.1, -0.05) is 48.0 Å². The van der Waals surface area contributed by atoms with Crippen LogP contribution in [0, 0.1) is 0 Å². The first-order valence-corrected chi connectivity index (χ1v) is 7.70. The number of carbonyl (C=O) groups excluding carboxylic acids is 1. The minimum atomic E-state index is 0.108. The van der Waals surface area contributed by atoms with Gasteiger partial charge in [0.1, 0.15) is 0 Å². The molecule has 0 aliphatic rings. The Morgan fingerprint density at radius 1 is 1.25 bits per heavy atom. The van der Waals surface area contributed by atoms with Crippen LogP contribution in [-0.2, 0) is 19.4 Å². The van der Waals surface area contributed by atoms with E-state index in [9.17, 15) is 4.79 Å². The van der Waals surface area contributed by atoms with Gasteiger partial charge in [0.25, 0.3) is 0 Å². The van der Waals surface area contributed by atoms with Crippen LogP contribution in [0.2, 0.25) is 0 Å². The molecular formula is C16H19BrN2O. The van der Waals surface area contributed by atoms with E-state index in [2.05, 4.69) is 34.0 Å². The van der Waals surface area contributed by atoms with Crippen molar-refractivity contribution in [2.75, 3.05) is 0 Å². The molecule has 0 spiro atoms. The van der Waals surface area contributed by atoms with Gasteiger partial charge in [0.2, 0.25) is 0 Å². The first-order chi connectivity index (χ1) is 9.58. The molecule has 0 saturated heterocycles. The molecular weight excluding hydrogens is 316 g/mol. The van der Waals surface area contributed by atoms with Crippen LogP contribution in [-0.4, -0.2) is 15.6 Å². The number of hydrogen-bond acceptors (Lipinski definition) is 2. The Bertz CT molecular complexity index is 631. The maximum absolute atomic E-state index is 11.9. The molecule has 0 saturated carbocycles. The first-order valence-electron chi connectivity index (χ1n) is 6.91. The zero-order valence-electron chi connectivity index (χ0n) is 12.1. The van der Waals surface area contributed by atoms with Crippen LogP contribution in [0.5, 0.6) is 0 Å². The molecule has 0 bridgehead atoms. The number of ketones is 1. The average Bonchev–Trinajstić information content (AvgIpc) is 2.79. The Kier molecular flexibility index (Phi) is 4.76. The van der Waals surface area contributed by atoms with E-state index in [-0.39, 0.29) is 5.78 Å². The summed E-state index contributed by atoms with van der Waals surface area (Å²) in [6, 6.07) is 8.11. The molecule has 0 fully saturated rings. The maximum atomic E-state index is 11.9. The molecule has 0 aliphatic carbocycles. The molecule has 0 radical (unpaired) electrons. The molecule has 106 valence electrons. The second kappa shape index (κ2) is 6.35. The number of benzene rings is 1. The monoisotopic (exact) mass is 334 g/mol. The summed E-state index contributed by atoms with van der Waals surface area (Å²) in [6.45, 7) is 6.42. The summed E-state index contributed by atoms with van der Waals surface area (Å²) in [6.07, 6.45) is 1.59. The van der Waals surface area contributed by atoms with E-state index in [1.807, 2.05) is 29.8 Å². The fourth-order valence-electron chi connectivity index (χ4n) is 2.48. The lowest BCUT2D eigenvalue weighted by atomic mass is 10.1. The van der Waals surface area contributed by atoms with Crippen molar-refractivity contribution in [3.05, 3.63) is 51.3 Å². The normalized spacial score (nSPS) is 10.8. The third kappa shape index (κ3) is 2.85. The molecule has 1 aromatic heterocycles. The van der Waals surface area contributed by atoms with E-state index in [0.717, 1.165) is 34.3 Å². The van der Waals surface area contributed by atoms with Crippen LogP contribution >= 0.6 is 15.9 Å². The zero-order chi connectivity index (χ0) is 14.7. The fourth-order valence-corrected chi connectivity index (χ4v) is 2.89. The Morgan fingerprint density at radius 2 is 1.95 bits per heavy atom. The third-order valence-electron chi connectivity index (χ3n) is 3.43. The van der Waals surface area contributed by atoms with Gasteiger partial charge in [-0.3, -0.25) is 9.48 Å². The maximum Gasteiger partial charge on any atom is 0.163 e. The molecule has 20 heavy (non-hydrogen) atoms. The van der Waals surface area contributed by atoms with Gasteiger partial charge in [-0.05, 0) is 31.4 Å². The van der Waals surface area contributed by atoms with Gasteiger partial charge >= 0.3 is 0 Å². The molecule has 4 heteroatoms. The van der Waals surface area contributed by atoms with Crippen LogP contribution in [0.4, 0.5) is 0 Å². The number of carbonyl (C=O) groups is 1. The van der Waals surface area contributed by atoms with Crippen molar-refractivity contribution in [3.8, 4) is 0 Å². The molecule has 0 unspecified atom stereocenters. The number of aromatic nitrogens is 2. The lowest BCUT2D eigenvalue weighted by Gasteiger charge is -2.08. The highest BCUT2D eigenvalue weighted by molar-refractivity contribution is 9.10. The lowest BCUT2D eigenvalue weighted by molar-refractivity contribution is 0.101. The van der Waals surface area contributed by atoms with E-state index in [1.54, 1.807) is 6.92 Å². The molecule has 1 heterocycles. The van der Waals surface area contributed by atoms with Crippen LogP contribution in [0.1, 0.15) is 48.1 Å². The third-order valence-corrected chi connectivity index (χ3v) is 4.20. The molecule has 3 nitrogen and oxygen atoms in total. The van der Waals surface area contributed by atoms with E-state index in [0.29, 0.717) is 6.54 Å². The number of hydrogen-bond donors (Lipinski definition) is 0. The standard InChI is InChI=1S/C16H19BrN2O/c1-4-14-16(11(3)20)15(5-2)19(18-14)10-12-8-6-7-9-13(12)17/h6-9H,4-5,10H2,1-3H3. The van der Waals surface area contributed by atoms with E-state index < -0.39 is 0 Å². The van der Waals surface area contributed by atoms with E-state index in [1.165, 1.54) is 5.56 Å². The summed E-state index contributed by atoms with van der Waals surface area (Å²) in [7, 11) is 0. The molecule has 0 aliphatic heterocycles. The number of nitrogens with zero attached hydrogens (tertiary/aromatic N) is 2. The van der Waals surface area contributed by atoms with Gasteiger partial charge in [-0.15, -0.1) is 0 Å². The average molecular weight is 335 g/mol. The van der Waals surface area contributed by atoms with Crippen molar-refractivity contribution in [1.82, 2.24) is 9.78 Å². The van der Waals surface area contributed by atoms with Gasteiger partial charge < -0.3 is 0 Å². The van der Waals surface area contributed by atoms with Crippen molar-refractivity contribution in [3.63, 3.8) is 0 Å². The highest BCUT2D eigenvalue weighted by Crippen LogP contribution is 2.21. The lowest BCUT2D eigenvalue weighted by Crippen LogP contribution is -2.08. The van der Waals surface area contributed by atoms with Crippen molar-refractivity contribution < 1.29 is 4.79 Å². The Balaban J connectivity index is 2.47. The minimum Gasteiger partial charge on any atom is -0.294 e. The Labute approximate surface area is 128 Å². The van der Waals surface area contributed by atoms with E-state index in [4.69, 9.17) is 0 Å². The number of rotatable bonds is 5. The first kappa shape index (κ1) is 15.0. The van der Waals surface area contributed by atoms with E-state index >= 15 is 0 Å². The van der Waals surface area contributed by atoms with Crippen molar-refractivity contribution in [1.29, 1.82) is 0 Å². The Hall–Kier alpha value is -1.42. The topological polar surface area (TPSA) is 34.9 Å². The summed E-state index contributed by atoms with van der Waals surface area (Å²) < 4.78 is 3.04. The quantitative estimate of drug-likeness (QED) is 0.774. The van der Waals surface area contributed by atoms with Crippen LogP contribution < -0.4 is 0 Å². The molecule has 2 aromatic rings. The summed E-state index contributed by atoms with van der Waals surface area (Å²) >= 11 is 3.56. The zero-order valence-corrected chi connectivity index (χ0v) is 13.7. The van der Waals surface area contributed by atoms with Crippen LogP contribution in [0.3, 0.4) is 0 Å². The molecule has 0 atom stereocenters. The number of Topliss-reactive ketones (excluding diaryl/α,β-unsaturated/α-hetero) is 1. The highest BCUT2D eigenvalue weighted by Gasteiger charge is 2.19. The highest BCUT2D eigenvalue weighted by atomic mass is 79.9. The van der Waals surface area contributed by atoms with Crippen LogP contribution in [0.25, 0.3) is 0 Å². The smallest absolute Gasteiger partial charge is 0.163 e. The molecule has 0 amide bonds. The van der Waals surface area contributed by atoms with Crippen molar-refractivity contribution in [2.45, 2.75) is 40.2 Å². The van der Waals surface area contributed by atoms with Crippen LogP contribution in [0.15, 0.2) is 28.7 Å². The Morgan fingerprint density at radius 3 is 2.50 bits per heavy atom. The predicted octanol–water partition coefficient (Wildman–Crippen LogP) is 4.02. The van der Waals surface area contributed by atoms with Gasteiger partial charge in [-0.25, -0.2) is 0 Å². The molecule has 1 aromatic carbocycles. The summed E-state index contributed by atoms with van der Waals surface area (Å²) in [5.74, 6) is 0.108. The van der Waals surface area contributed by atoms with Crippen molar-refractivity contribution in [2.24, 2.45) is 0 Å². The SMILES string of the molecule is CCc1nn(Cc2ccccc2Br)c(CC)c1C(C)=O. The van der Waals surface area contributed by atoms with Gasteiger partial charge in [0, 0.05) is 10.2 Å². The van der Waals surface area contributed by atoms with Gasteiger partial charge in [0.05, 0.1) is 17.8 Å². The van der Waals surface area contributed by atoms with Gasteiger partial charge in [0.15, 0.2) is 5.78 Å². The predicted molar refractivity (Wildman–Crippen MR) is 84.2 cm³/mol. The van der Waals surface area contributed by atoms with Gasteiger partial charge in [-0.2, -0.15) is 5.10 Å². The molecule has 2 rings (SSSR count). The number of aryl methyl sites for hydroxylation is 1. The summed E-state index contributed by atoms with van der Waals surface area (Å²) in [5.41, 5.74) is 3.91. The summed E-state index contributed by atoms with van der Waals surface area (Å²) in [4.78, 5) is 11.9.